The molecule has 1 rings (SSSR count). The van der Waals surface area contributed by atoms with E-state index in [2.05, 4.69) is 6.92 Å². The molecular weight excluding hydrogens is 150 g/mol. The van der Waals surface area contributed by atoms with Crippen molar-refractivity contribution in [2.24, 2.45) is 17.6 Å². The molecule has 72 valence electrons. The van der Waals surface area contributed by atoms with Crippen LogP contribution >= 0.6 is 0 Å². The highest BCUT2D eigenvalue weighted by atomic mass is 16.3. The summed E-state index contributed by atoms with van der Waals surface area (Å²) in [7, 11) is 0. The van der Waals surface area contributed by atoms with Crippen LogP contribution in [0.4, 0.5) is 0 Å². The minimum absolute atomic E-state index is 0.122. The molecule has 0 aliphatic heterocycles. The fraction of sp³-hybridized carbons (Fsp3) is 1.00. The van der Waals surface area contributed by atoms with Crippen LogP contribution < -0.4 is 5.73 Å². The highest BCUT2D eigenvalue weighted by Crippen LogP contribution is 2.33. The first kappa shape index (κ1) is 10.0. The van der Waals surface area contributed by atoms with Gasteiger partial charge in [0, 0.05) is 0 Å². The molecule has 0 spiro atoms. The maximum absolute atomic E-state index is 9.88. The molecule has 1 aliphatic carbocycles. The fourth-order valence-corrected chi connectivity index (χ4v) is 1.97. The molecule has 2 heteroatoms. The predicted molar refractivity (Wildman–Crippen MR) is 50.8 cm³/mol. The summed E-state index contributed by atoms with van der Waals surface area (Å²) < 4.78 is 0. The Morgan fingerprint density at radius 3 is 2.50 bits per heavy atom. The van der Waals surface area contributed by atoms with Gasteiger partial charge in [0.05, 0.1) is 6.10 Å². The van der Waals surface area contributed by atoms with E-state index in [1.165, 1.54) is 19.3 Å². The van der Waals surface area contributed by atoms with Crippen LogP contribution in [-0.4, -0.2) is 17.8 Å². The molecule has 1 aliphatic rings. The Morgan fingerprint density at radius 2 is 2.17 bits per heavy atom. The topological polar surface area (TPSA) is 46.2 Å². The molecule has 0 aromatic carbocycles. The lowest BCUT2D eigenvalue weighted by atomic mass is 9.75. The van der Waals surface area contributed by atoms with Crippen molar-refractivity contribution in [2.45, 2.75) is 45.1 Å². The monoisotopic (exact) mass is 171 g/mol. The van der Waals surface area contributed by atoms with E-state index >= 15 is 0 Å². The Kier molecular flexibility index (Phi) is 4.02. The van der Waals surface area contributed by atoms with Crippen LogP contribution in [-0.2, 0) is 0 Å². The Balaban J connectivity index is 2.29. The van der Waals surface area contributed by atoms with Gasteiger partial charge in [-0.25, -0.2) is 0 Å². The first-order valence-corrected chi connectivity index (χ1v) is 5.17. The third kappa shape index (κ3) is 2.20. The number of aliphatic hydroxyl groups is 1. The second-order valence-electron chi connectivity index (χ2n) is 3.97. The van der Waals surface area contributed by atoms with Crippen LogP contribution in [0.2, 0.25) is 0 Å². The highest BCUT2D eigenvalue weighted by Gasteiger charge is 2.30. The lowest BCUT2D eigenvalue weighted by Crippen LogP contribution is -2.37. The van der Waals surface area contributed by atoms with Crippen LogP contribution in [0.1, 0.15) is 39.0 Å². The van der Waals surface area contributed by atoms with Gasteiger partial charge in [-0.05, 0) is 37.6 Å². The molecule has 0 heterocycles. The summed E-state index contributed by atoms with van der Waals surface area (Å²) in [5.74, 6) is 0.908. The van der Waals surface area contributed by atoms with E-state index in [0.717, 1.165) is 12.8 Å². The SMILES string of the molecule is CCCC(CN)C(O)C1CCC1. The molecule has 2 atom stereocenters. The lowest BCUT2D eigenvalue weighted by Gasteiger charge is -2.34. The molecule has 0 aromatic heterocycles. The molecule has 0 saturated heterocycles. The molecule has 0 aromatic rings. The van der Waals surface area contributed by atoms with E-state index in [-0.39, 0.29) is 6.10 Å². The summed E-state index contributed by atoms with van der Waals surface area (Å²) in [6.45, 7) is 2.79. The molecule has 12 heavy (non-hydrogen) atoms. The summed E-state index contributed by atoms with van der Waals surface area (Å²) in [6.07, 6.45) is 5.80. The Bertz CT molecular complexity index is 123. The van der Waals surface area contributed by atoms with E-state index in [1.807, 2.05) is 0 Å². The first-order chi connectivity index (χ1) is 5.79. The number of hydrogen-bond acceptors (Lipinski definition) is 2. The zero-order valence-electron chi connectivity index (χ0n) is 8.00. The fourth-order valence-electron chi connectivity index (χ4n) is 1.97. The van der Waals surface area contributed by atoms with E-state index < -0.39 is 0 Å². The summed E-state index contributed by atoms with van der Waals surface area (Å²) in [5, 5.41) is 9.88. The van der Waals surface area contributed by atoms with Gasteiger partial charge in [0.2, 0.25) is 0 Å². The zero-order valence-corrected chi connectivity index (χ0v) is 8.00. The second kappa shape index (κ2) is 4.83. The largest absolute Gasteiger partial charge is 0.393 e. The van der Waals surface area contributed by atoms with Crippen molar-refractivity contribution in [2.75, 3.05) is 6.54 Å². The number of nitrogens with two attached hydrogens (primary N) is 1. The average Bonchev–Trinajstić information content (AvgIpc) is 1.96. The van der Waals surface area contributed by atoms with Crippen LogP contribution in [0.3, 0.4) is 0 Å². The van der Waals surface area contributed by atoms with Gasteiger partial charge >= 0.3 is 0 Å². The molecule has 0 radical (unpaired) electrons. The van der Waals surface area contributed by atoms with E-state index in [0.29, 0.717) is 18.4 Å². The van der Waals surface area contributed by atoms with Gasteiger partial charge in [0.25, 0.3) is 0 Å². The van der Waals surface area contributed by atoms with Gasteiger partial charge in [0.15, 0.2) is 0 Å². The van der Waals surface area contributed by atoms with Crippen molar-refractivity contribution in [3.63, 3.8) is 0 Å². The van der Waals surface area contributed by atoms with Crippen molar-refractivity contribution in [1.82, 2.24) is 0 Å². The quantitative estimate of drug-likeness (QED) is 0.659. The maximum atomic E-state index is 9.88. The van der Waals surface area contributed by atoms with Crippen molar-refractivity contribution in [3.05, 3.63) is 0 Å². The zero-order chi connectivity index (χ0) is 8.97. The molecule has 1 saturated carbocycles. The minimum Gasteiger partial charge on any atom is -0.393 e. The van der Waals surface area contributed by atoms with Gasteiger partial charge in [-0.3, -0.25) is 0 Å². The standard InChI is InChI=1S/C10H21NO/c1-2-4-9(7-11)10(12)8-5-3-6-8/h8-10,12H,2-7,11H2,1H3. The number of aliphatic hydroxyl groups excluding tert-OH is 1. The normalized spacial score (nSPS) is 23.2. The molecular formula is C10H21NO. The van der Waals surface area contributed by atoms with Crippen LogP contribution in [0, 0.1) is 11.8 Å². The van der Waals surface area contributed by atoms with Crippen molar-refractivity contribution < 1.29 is 5.11 Å². The van der Waals surface area contributed by atoms with E-state index in [9.17, 15) is 5.11 Å². The summed E-state index contributed by atoms with van der Waals surface area (Å²) in [5.41, 5.74) is 5.62. The van der Waals surface area contributed by atoms with Gasteiger partial charge in [-0.1, -0.05) is 19.8 Å². The smallest absolute Gasteiger partial charge is 0.0608 e. The third-order valence-electron chi connectivity index (χ3n) is 3.08. The number of rotatable bonds is 5. The third-order valence-corrected chi connectivity index (χ3v) is 3.08. The highest BCUT2D eigenvalue weighted by molar-refractivity contribution is 4.82. The van der Waals surface area contributed by atoms with Crippen molar-refractivity contribution in [1.29, 1.82) is 0 Å². The van der Waals surface area contributed by atoms with E-state index in [4.69, 9.17) is 5.73 Å². The Hall–Kier alpha value is -0.0800. The van der Waals surface area contributed by atoms with Crippen LogP contribution in [0.5, 0.6) is 0 Å². The predicted octanol–water partition coefficient (Wildman–Crippen LogP) is 1.52. The van der Waals surface area contributed by atoms with Crippen molar-refractivity contribution >= 4 is 0 Å². The molecule has 0 bridgehead atoms. The molecule has 0 amide bonds. The average molecular weight is 171 g/mol. The molecule has 3 N–H and O–H groups in total. The van der Waals surface area contributed by atoms with E-state index in [1.54, 1.807) is 0 Å². The van der Waals surface area contributed by atoms with Gasteiger partial charge in [-0.2, -0.15) is 0 Å². The second-order valence-corrected chi connectivity index (χ2v) is 3.97. The lowest BCUT2D eigenvalue weighted by molar-refractivity contribution is 0.0145. The number of hydrogen-bond donors (Lipinski definition) is 2. The summed E-state index contributed by atoms with van der Waals surface area (Å²) in [6, 6.07) is 0. The van der Waals surface area contributed by atoms with Gasteiger partial charge in [-0.15, -0.1) is 0 Å². The summed E-state index contributed by atoms with van der Waals surface area (Å²) >= 11 is 0. The Labute approximate surface area is 75.2 Å². The summed E-state index contributed by atoms with van der Waals surface area (Å²) in [4.78, 5) is 0. The maximum Gasteiger partial charge on any atom is 0.0608 e. The minimum atomic E-state index is -0.122. The van der Waals surface area contributed by atoms with Gasteiger partial charge in [0.1, 0.15) is 0 Å². The molecule has 2 unspecified atom stereocenters. The van der Waals surface area contributed by atoms with Crippen molar-refractivity contribution in [3.8, 4) is 0 Å². The molecule has 2 nitrogen and oxygen atoms in total. The van der Waals surface area contributed by atoms with Gasteiger partial charge < -0.3 is 10.8 Å². The van der Waals surface area contributed by atoms with Crippen LogP contribution in [0.25, 0.3) is 0 Å². The first-order valence-electron chi connectivity index (χ1n) is 5.17. The Morgan fingerprint density at radius 1 is 1.50 bits per heavy atom. The van der Waals surface area contributed by atoms with Crippen LogP contribution in [0.15, 0.2) is 0 Å². The molecule has 1 fully saturated rings.